The van der Waals surface area contributed by atoms with Crippen molar-refractivity contribution < 1.29 is 0 Å². The summed E-state index contributed by atoms with van der Waals surface area (Å²) in [6.07, 6.45) is 7.14. The van der Waals surface area contributed by atoms with E-state index in [0.29, 0.717) is 5.92 Å². The Balaban J connectivity index is 1.55. The van der Waals surface area contributed by atoms with E-state index in [0.717, 1.165) is 36.9 Å². The lowest BCUT2D eigenvalue weighted by molar-refractivity contribution is 0.381. The zero-order chi connectivity index (χ0) is 12.4. The summed E-state index contributed by atoms with van der Waals surface area (Å²) >= 11 is 1.46. The summed E-state index contributed by atoms with van der Waals surface area (Å²) in [7, 11) is 0. The predicted molar refractivity (Wildman–Crippen MR) is 71.8 cm³/mol. The molecule has 0 bridgehead atoms. The predicted octanol–water partition coefficient (Wildman–Crippen LogP) is 1.97. The number of anilines is 1. The monoisotopic (exact) mass is 263 g/mol. The topological polar surface area (TPSA) is 55.6 Å². The van der Waals surface area contributed by atoms with Gasteiger partial charge in [0.1, 0.15) is 11.6 Å². The normalized spacial score (nSPS) is 18.6. The Morgan fingerprint density at radius 1 is 1.56 bits per heavy atom. The third kappa shape index (κ3) is 2.38. The molecule has 1 atom stereocenters. The minimum absolute atomic E-state index is 0.653. The Morgan fingerprint density at radius 2 is 2.50 bits per heavy atom. The number of hydrogen-bond acceptors (Lipinski definition) is 5. The number of nitrogens with zero attached hydrogens (tertiary/aromatic N) is 4. The minimum atomic E-state index is 0.653. The SMILES string of the molecule is CCc1nsc(NCC2CCc3nccn3C2)n1. The van der Waals surface area contributed by atoms with Crippen molar-refractivity contribution in [3.05, 3.63) is 24.0 Å². The lowest BCUT2D eigenvalue weighted by Gasteiger charge is -2.23. The highest BCUT2D eigenvalue weighted by molar-refractivity contribution is 7.09. The molecule has 0 aromatic carbocycles. The van der Waals surface area contributed by atoms with Gasteiger partial charge in [-0.3, -0.25) is 0 Å². The van der Waals surface area contributed by atoms with Crippen molar-refractivity contribution in [2.24, 2.45) is 5.92 Å². The van der Waals surface area contributed by atoms with Crippen LogP contribution in [-0.4, -0.2) is 25.5 Å². The number of nitrogens with one attached hydrogen (secondary N) is 1. The number of aryl methyl sites for hydroxylation is 2. The van der Waals surface area contributed by atoms with E-state index in [1.54, 1.807) is 0 Å². The van der Waals surface area contributed by atoms with Gasteiger partial charge in [-0.1, -0.05) is 6.92 Å². The summed E-state index contributed by atoms with van der Waals surface area (Å²) in [6, 6.07) is 0. The molecule has 5 nitrogen and oxygen atoms in total. The molecule has 1 aliphatic rings. The molecular formula is C12H17N5S. The molecule has 18 heavy (non-hydrogen) atoms. The lowest BCUT2D eigenvalue weighted by Crippen LogP contribution is -2.25. The number of imidazole rings is 1. The molecule has 6 heteroatoms. The molecule has 0 radical (unpaired) electrons. The van der Waals surface area contributed by atoms with Crippen LogP contribution >= 0.6 is 11.5 Å². The minimum Gasteiger partial charge on any atom is -0.360 e. The second kappa shape index (κ2) is 5.06. The molecule has 0 fully saturated rings. The van der Waals surface area contributed by atoms with Gasteiger partial charge in [-0.15, -0.1) is 0 Å². The molecule has 2 aromatic heterocycles. The van der Waals surface area contributed by atoms with Crippen molar-refractivity contribution in [1.29, 1.82) is 0 Å². The van der Waals surface area contributed by atoms with E-state index in [4.69, 9.17) is 0 Å². The van der Waals surface area contributed by atoms with Gasteiger partial charge in [0.15, 0.2) is 0 Å². The van der Waals surface area contributed by atoms with Gasteiger partial charge >= 0.3 is 0 Å². The van der Waals surface area contributed by atoms with Gasteiger partial charge < -0.3 is 9.88 Å². The van der Waals surface area contributed by atoms with Crippen LogP contribution in [0, 0.1) is 5.92 Å². The van der Waals surface area contributed by atoms with E-state index in [9.17, 15) is 0 Å². The van der Waals surface area contributed by atoms with Crippen LogP contribution < -0.4 is 5.32 Å². The number of hydrogen-bond donors (Lipinski definition) is 1. The van der Waals surface area contributed by atoms with Gasteiger partial charge in [0.2, 0.25) is 5.13 Å². The van der Waals surface area contributed by atoms with Crippen molar-refractivity contribution >= 4 is 16.7 Å². The fourth-order valence-electron chi connectivity index (χ4n) is 2.30. The molecule has 0 saturated heterocycles. The molecular weight excluding hydrogens is 246 g/mol. The largest absolute Gasteiger partial charge is 0.360 e. The van der Waals surface area contributed by atoms with Gasteiger partial charge in [-0.2, -0.15) is 4.37 Å². The van der Waals surface area contributed by atoms with Crippen LogP contribution in [0.2, 0.25) is 0 Å². The molecule has 3 heterocycles. The molecule has 0 saturated carbocycles. The Hall–Kier alpha value is -1.43. The van der Waals surface area contributed by atoms with E-state index < -0.39 is 0 Å². The first-order chi connectivity index (χ1) is 8.85. The number of rotatable bonds is 4. The third-order valence-corrected chi connectivity index (χ3v) is 4.07. The van der Waals surface area contributed by atoms with Crippen LogP contribution in [0.25, 0.3) is 0 Å². The van der Waals surface area contributed by atoms with Crippen molar-refractivity contribution in [3.63, 3.8) is 0 Å². The van der Waals surface area contributed by atoms with Crippen LogP contribution in [0.15, 0.2) is 12.4 Å². The van der Waals surface area contributed by atoms with E-state index in [-0.39, 0.29) is 0 Å². The van der Waals surface area contributed by atoms with Crippen molar-refractivity contribution in [1.82, 2.24) is 18.9 Å². The highest BCUT2D eigenvalue weighted by atomic mass is 32.1. The van der Waals surface area contributed by atoms with Crippen LogP contribution in [0.5, 0.6) is 0 Å². The first kappa shape index (κ1) is 11.6. The van der Waals surface area contributed by atoms with E-state index >= 15 is 0 Å². The molecule has 1 unspecified atom stereocenters. The zero-order valence-electron chi connectivity index (χ0n) is 10.5. The molecule has 1 aliphatic heterocycles. The molecule has 1 N–H and O–H groups in total. The average molecular weight is 263 g/mol. The van der Waals surface area contributed by atoms with Gasteiger partial charge in [0.05, 0.1) is 0 Å². The molecule has 2 aromatic rings. The quantitative estimate of drug-likeness (QED) is 0.916. The Morgan fingerprint density at radius 3 is 3.33 bits per heavy atom. The van der Waals surface area contributed by atoms with E-state index in [2.05, 4.69) is 37.3 Å². The fraction of sp³-hybridized carbons (Fsp3) is 0.583. The van der Waals surface area contributed by atoms with Gasteiger partial charge in [0, 0.05) is 49.9 Å². The fourth-order valence-corrected chi connectivity index (χ4v) is 2.96. The molecule has 0 amide bonds. The highest BCUT2D eigenvalue weighted by Crippen LogP contribution is 2.20. The van der Waals surface area contributed by atoms with Gasteiger partial charge in [-0.25, -0.2) is 9.97 Å². The first-order valence-corrected chi connectivity index (χ1v) is 7.19. The second-order valence-electron chi connectivity index (χ2n) is 4.65. The highest BCUT2D eigenvalue weighted by Gasteiger charge is 2.18. The van der Waals surface area contributed by atoms with Crippen molar-refractivity contribution in [2.45, 2.75) is 32.7 Å². The van der Waals surface area contributed by atoms with Crippen LogP contribution in [0.3, 0.4) is 0 Å². The average Bonchev–Trinajstić information content (AvgIpc) is 3.04. The van der Waals surface area contributed by atoms with Crippen LogP contribution in [0.4, 0.5) is 5.13 Å². The van der Waals surface area contributed by atoms with Crippen molar-refractivity contribution in [3.8, 4) is 0 Å². The summed E-state index contributed by atoms with van der Waals surface area (Å²) in [4.78, 5) is 8.77. The lowest BCUT2D eigenvalue weighted by atomic mass is 9.99. The standard InChI is InChI=1S/C12H17N5S/c1-2-10-15-12(18-16-10)14-7-9-3-4-11-13-5-6-17(11)8-9/h5-6,9H,2-4,7-8H2,1H3,(H,14,15,16). The summed E-state index contributed by atoms with van der Waals surface area (Å²) in [6.45, 7) is 4.10. The maximum atomic E-state index is 4.42. The Kier molecular flexibility index (Phi) is 3.27. The molecule has 3 rings (SSSR count). The Labute approximate surface area is 110 Å². The summed E-state index contributed by atoms with van der Waals surface area (Å²) in [5.74, 6) is 2.80. The second-order valence-corrected chi connectivity index (χ2v) is 5.40. The van der Waals surface area contributed by atoms with E-state index in [1.807, 2.05) is 6.20 Å². The maximum absolute atomic E-state index is 4.42. The Bertz CT molecular complexity index is 518. The summed E-state index contributed by atoms with van der Waals surface area (Å²) in [5.41, 5.74) is 0. The van der Waals surface area contributed by atoms with Gasteiger partial charge in [0.25, 0.3) is 0 Å². The zero-order valence-corrected chi connectivity index (χ0v) is 11.3. The maximum Gasteiger partial charge on any atom is 0.202 e. The summed E-state index contributed by atoms with van der Waals surface area (Å²) < 4.78 is 6.54. The van der Waals surface area contributed by atoms with Gasteiger partial charge in [-0.05, 0) is 12.3 Å². The molecule has 0 spiro atoms. The number of fused-ring (bicyclic) bond motifs is 1. The van der Waals surface area contributed by atoms with Crippen LogP contribution in [-0.2, 0) is 19.4 Å². The van der Waals surface area contributed by atoms with E-state index in [1.165, 1.54) is 23.8 Å². The number of aromatic nitrogens is 4. The first-order valence-electron chi connectivity index (χ1n) is 6.41. The molecule has 96 valence electrons. The summed E-state index contributed by atoms with van der Waals surface area (Å²) in [5, 5.41) is 4.35. The smallest absolute Gasteiger partial charge is 0.202 e. The van der Waals surface area contributed by atoms with Crippen molar-refractivity contribution in [2.75, 3.05) is 11.9 Å². The molecule has 0 aliphatic carbocycles. The third-order valence-electron chi connectivity index (χ3n) is 3.36. The van der Waals surface area contributed by atoms with Crippen LogP contribution in [0.1, 0.15) is 25.0 Å².